The van der Waals surface area contributed by atoms with E-state index >= 15 is 0 Å². The van der Waals surface area contributed by atoms with Crippen molar-refractivity contribution < 1.29 is 5.11 Å². The summed E-state index contributed by atoms with van der Waals surface area (Å²) >= 11 is 6.12. The first-order valence-electron chi connectivity index (χ1n) is 5.17. The van der Waals surface area contributed by atoms with Crippen molar-refractivity contribution in [3.05, 3.63) is 28.3 Å². The maximum absolute atomic E-state index is 9.48. The molecule has 1 fully saturated rings. The highest BCUT2D eigenvalue weighted by atomic mass is 35.5. The van der Waals surface area contributed by atoms with E-state index in [4.69, 9.17) is 11.6 Å². The van der Waals surface area contributed by atoms with E-state index in [0.29, 0.717) is 11.7 Å². The predicted octanol–water partition coefficient (Wildman–Crippen LogP) is 4.01. The van der Waals surface area contributed by atoms with Gasteiger partial charge in [-0.15, -0.1) is 0 Å². The number of benzene rings is 1. The largest absolute Gasteiger partial charge is 0.508 e. The third kappa shape index (κ3) is 1.74. The van der Waals surface area contributed by atoms with Crippen LogP contribution in [0.25, 0.3) is 0 Å². The lowest BCUT2D eigenvalue weighted by molar-refractivity contribution is 0.470. The highest BCUT2D eigenvalue weighted by Gasteiger charge is 2.20. The molecule has 1 aliphatic carbocycles. The number of aryl methyl sites for hydroxylation is 1. The maximum Gasteiger partial charge on any atom is 0.119 e. The number of hydrogen-bond donors (Lipinski definition) is 1. The molecule has 1 N–H and O–H groups in total. The van der Waals surface area contributed by atoms with Crippen molar-refractivity contribution in [2.45, 2.75) is 38.5 Å². The normalized spacial score (nSPS) is 17.6. The molecule has 1 aromatic carbocycles. The third-order valence-corrected chi connectivity index (χ3v) is 3.44. The van der Waals surface area contributed by atoms with Gasteiger partial charge < -0.3 is 5.11 Å². The molecule has 0 unspecified atom stereocenters. The Kier molecular flexibility index (Phi) is 2.69. The van der Waals surface area contributed by atoms with Crippen molar-refractivity contribution in [1.82, 2.24) is 0 Å². The molecule has 0 aliphatic heterocycles. The van der Waals surface area contributed by atoms with Gasteiger partial charge in [-0.25, -0.2) is 0 Å². The third-order valence-electron chi connectivity index (χ3n) is 3.11. The van der Waals surface area contributed by atoms with Crippen LogP contribution in [0.3, 0.4) is 0 Å². The van der Waals surface area contributed by atoms with Crippen molar-refractivity contribution in [3.8, 4) is 5.75 Å². The molecular weight excluding hydrogens is 196 g/mol. The van der Waals surface area contributed by atoms with E-state index in [0.717, 1.165) is 10.6 Å². The molecular formula is C12H15ClO. The molecule has 0 heterocycles. The highest BCUT2D eigenvalue weighted by molar-refractivity contribution is 6.31. The Labute approximate surface area is 89.7 Å². The van der Waals surface area contributed by atoms with Crippen LogP contribution < -0.4 is 0 Å². The molecule has 2 heteroatoms. The van der Waals surface area contributed by atoms with Crippen molar-refractivity contribution in [2.24, 2.45) is 0 Å². The molecule has 1 nitrogen and oxygen atoms in total. The molecule has 0 atom stereocenters. The zero-order chi connectivity index (χ0) is 10.1. The van der Waals surface area contributed by atoms with Crippen molar-refractivity contribution in [2.75, 3.05) is 0 Å². The van der Waals surface area contributed by atoms with Gasteiger partial charge in [-0.1, -0.05) is 30.5 Å². The SMILES string of the molecule is Cc1cc(C2CCCC2)c(Cl)cc1O. The number of rotatable bonds is 1. The summed E-state index contributed by atoms with van der Waals surface area (Å²) in [6.45, 7) is 1.92. The van der Waals surface area contributed by atoms with E-state index in [9.17, 15) is 5.11 Å². The molecule has 14 heavy (non-hydrogen) atoms. The molecule has 2 rings (SSSR count). The highest BCUT2D eigenvalue weighted by Crippen LogP contribution is 2.39. The van der Waals surface area contributed by atoms with E-state index in [1.54, 1.807) is 6.07 Å². The summed E-state index contributed by atoms with van der Waals surface area (Å²) < 4.78 is 0. The Bertz CT molecular complexity index is 340. The lowest BCUT2D eigenvalue weighted by Gasteiger charge is -2.13. The van der Waals surface area contributed by atoms with Gasteiger partial charge in [0, 0.05) is 5.02 Å². The van der Waals surface area contributed by atoms with E-state index < -0.39 is 0 Å². The van der Waals surface area contributed by atoms with Crippen LogP contribution in [-0.4, -0.2) is 5.11 Å². The standard InChI is InChI=1S/C12H15ClO/c1-8-6-10(9-4-2-3-5-9)11(13)7-12(8)14/h6-7,9,14H,2-5H2,1H3. The quantitative estimate of drug-likeness (QED) is 0.743. The molecule has 0 amide bonds. The lowest BCUT2D eigenvalue weighted by atomic mass is 9.96. The molecule has 0 aromatic heterocycles. The second kappa shape index (κ2) is 3.82. The Hall–Kier alpha value is -0.690. The smallest absolute Gasteiger partial charge is 0.119 e. The molecule has 1 saturated carbocycles. The van der Waals surface area contributed by atoms with Crippen molar-refractivity contribution in [3.63, 3.8) is 0 Å². The van der Waals surface area contributed by atoms with Crippen LogP contribution >= 0.6 is 11.6 Å². The Morgan fingerprint density at radius 2 is 1.93 bits per heavy atom. The van der Waals surface area contributed by atoms with Crippen LogP contribution in [0.15, 0.2) is 12.1 Å². The molecule has 0 spiro atoms. The summed E-state index contributed by atoms with van der Waals surface area (Å²) in [6, 6.07) is 3.71. The zero-order valence-electron chi connectivity index (χ0n) is 8.39. The van der Waals surface area contributed by atoms with Gasteiger partial charge in [0.05, 0.1) is 0 Å². The topological polar surface area (TPSA) is 20.2 Å². The number of phenols is 1. The average molecular weight is 211 g/mol. The molecule has 1 aliphatic rings. The summed E-state index contributed by atoms with van der Waals surface area (Å²) in [7, 11) is 0. The lowest BCUT2D eigenvalue weighted by Crippen LogP contribution is -1.94. The minimum Gasteiger partial charge on any atom is -0.508 e. The second-order valence-corrected chi connectivity index (χ2v) is 4.55. The summed E-state index contributed by atoms with van der Waals surface area (Å²) in [5, 5.41) is 10.2. The van der Waals surface area contributed by atoms with E-state index in [1.165, 1.54) is 31.2 Å². The van der Waals surface area contributed by atoms with E-state index in [1.807, 2.05) is 13.0 Å². The summed E-state index contributed by atoms with van der Waals surface area (Å²) in [4.78, 5) is 0. The minimum atomic E-state index is 0.303. The van der Waals surface area contributed by atoms with Gasteiger partial charge in [-0.2, -0.15) is 0 Å². The van der Waals surface area contributed by atoms with Crippen molar-refractivity contribution in [1.29, 1.82) is 0 Å². The average Bonchev–Trinajstić information content (AvgIpc) is 2.64. The van der Waals surface area contributed by atoms with Gasteiger partial charge in [-0.05, 0) is 42.9 Å². The molecule has 0 radical (unpaired) electrons. The first-order chi connectivity index (χ1) is 6.68. The van der Waals surface area contributed by atoms with Gasteiger partial charge in [0.25, 0.3) is 0 Å². The first kappa shape index (κ1) is 9.85. The van der Waals surface area contributed by atoms with Crippen LogP contribution in [0.5, 0.6) is 5.75 Å². The van der Waals surface area contributed by atoms with Crippen LogP contribution in [0.1, 0.15) is 42.7 Å². The molecule has 1 aromatic rings. The van der Waals surface area contributed by atoms with Gasteiger partial charge in [0.2, 0.25) is 0 Å². The first-order valence-corrected chi connectivity index (χ1v) is 5.55. The zero-order valence-corrected chi connectivity index (χ0v) is 9.14. The maximum atomic E-state index is 9.48. The number of aromatic hydroxyl groups is 1. The Morgan fingerprint density at radius 1 is 1.29 bits per heavy atom. The number of phenolic OH excluding ortho intramolecular Hbond substituents is 1. The Morgan fingerprint density at radius 3 is 2.57 bits per heavy atom. The monoisotopic (exact) mass is 210 g/mol. The second-order valence-electron chi connectivity index (χ2n) is 4.14. The van der Waals surface area contributed by atoms with Crippen molar-refractivity contribution >= 4 is 11.6 Å². The van der Waals surface area contributed by atoms with Crippen LogP contribution in [-0.2, 0) is 0 Å². The fourth-order valence-corrected chi connectivity index (χ4v) is 2.56. The summed E-state index contributed by atoms with van der Waals surface area (Å²) in [5.74, 6) is 0.915. The summed E-state index contributed by atoms with van der Waals surface area (Å²) in [5.41, 5.74) is 2.15. The van der Waals surface area contributed by atoms with Gasteiger partial charge in [0.15, 0.2) is 0 Å². The predicted molar refractivity (Wildman–Crippen MR) is 59.1 cm³/mol. The van der Waals surface area contributed by atoms with Crippen LogP contribution in [0.2, 0.25) is 5.02 Å². The molecule has 0 bridgehead atoms. The number of hydrogen-bond acceptors (Lipinski definition) is 1. The molecule has 0 saturated heterocycles. The minimum absolute atomic E-state index is 0.303. The van der Waals surface area contributed by atoms with Gasteiger partial charge >= 0.3 is 0 Å². The fourth-order valence-electron chi connectivity index (χ4n) is 2.24. The van der Waals surface area contributed by atoms with Gasteiger partial charge in [-0.3, -0.25) is 0 Å². The van der Waals surface area contributed by atoms with Crippen LogP contribution in [0, 0.1) is 6.92 Å². The fraction of sp³-hybridized carbons (Fsp3) is 0.500. The molecule has 76 valence electrons. The Balaban J connectivity index is 2.37. The van der Waals surface area contributed by atoms with E-state index in [2.05, 4.69) is 0 Å². The number of halogens is 1. The van der Waals surface area contributed by atoms with Crippen LogP contribution in [0.4, 0.5) is 0 Å². The van der Waals surface area contributed by atoms with Gasteiger partial charge in [0.1, 0.15) is 5.75 Å². The van der Waals surface area contributed by atoms with E-state index in [-0.39, 0.29) is 0 Å². The summed E-state index contributed by atoms with van der Waals surface area (Å²) in [6.07, 6.45) is 5.09.